The molecule has 0 saturated carbocycles. The summed E-state index contributed by atoms with van der Waals surface area (Å²) in [5, 5.41) is 8.95. The lowest BCUT2D eigenvalue weighted by atomic mass is 10.1. The minimum absolute atomic E-state index is 0.0126. The lowest BCUT2D eigenvalue weighted by molar-refractivity contribution is 0.296. The third-order valence-corrected chi connectivity index (χ3v) is 5.34. The highest BCUT2D eigenvalue weighted by Gasteiger charge is 2.31. The number of anilines is 2. The van der Waals surface area contributed by atoms with Gasteiger partial charge in [0, 0.05) is 50.2 Å². The fourth-order valence-electron chi connectivity index (χ4n) is 3.40. The number of aromatic nitrogens is 4. The molecule has 2 atom stereocenters. The second kappa shape index (κ2) is 7.73. The number of piperazine rings is 1. The van der Waals surface area contributed by atoms with Crippen LogP contribution in [0, 0.1) is 0 Å². The summed E-state index contributed by atoms with van der Waals surface area (Å²) in [6.45, 7) is 5.54. The Morgan fingerprint density at radius 2 is 1.70 bits per heavy atom. The molecule has 10 heteroatoms. The number of aliphatic hydroxyl groups is 1. The van der Waals surface area contributed by atoms with Crippen molar-refractivity contribution in [2.75, 3.05) is 35.8 Å². The second-order valence-electron chi connectivity index (χ2n) is 6.78. The summed E-state index contributed by atoms with van der Waals surface area (Å²) in [5.41, 5.74) is 0. The third-order valence-electron chi connectivity index (χ3n) is 4.48. The van der Waals surface area contributed by atoms with E-state index in [9.17, 15) is 8.42 Å². The van der Waals surface area contributed by atoms with Gasteiger partial charge in [-0.1, -0.05) is 0 Å². The molecule has 1 N–H and O–H groups in total. The molecule has 0 radical (unpaired) electrons. The molecular weight excluding hydrogens is 368 g/mol. The van der Waals surface area contributed by atoms with E-state index in [4.69, 9.17) is 5.11 Å². The maximum atomic E-state index is 11.7. The van der Waals surface area contributed by atoms with Crippen molar-refractivity contribution in [2.45, 2.75) is 37.5 Å². The van der Waals surface area contributed by atoms with Crippen molar-refractivity contribution in [1.82, 2.24) is 19.9 Å². The Hall–Kier alpha value is -2.33. The van der Waals surface area contributed by atoms with Gasteiger partial charge in [-0.05, 0) is 26.0 Å². The summed E-state index contributed by atoms with van der Waals surface area (Å²) < 4.78 is 23.5. The van der Waals surface area contributed by atoms with Crippen LogP contribution in [-0.2, 0) is 16.3 Å². The Kier molecular flexibility index (Phi) is 5.56. The van der Waals surface area contributed by atoms with Crippen molar-refractivity contribution in [2.24, 2.45) is 0 Å². The molecule has 0 aliphatic carbocycles. The average Bonchev–Trinajstić information content (AvgIpc) is 2.61. The van der Waals surface area contributed by atoms with Crippen molar-refractivity contribution in [3.8, 4) is 0 Å². The van der Waals surface area contributed by atoms with Crippen LogP contribution in [0.25, 0.3) is 0 Å². The molecule has 0 aromatic carbocycles. The van der Waals surface area contributed by atoms with Gasteiger partial charge in [-0.25, -0.2) is 28.4 Å². The summed E-state index contributed by atoms with van der Waals surface area (Å²) in [6, 6.07) is 3.86. The molecule has 1 unspecified atom stereocenters. The lowest BCUT2D eigenvalue weighted by Gasteiger charge is -2.45. The SMILES string of the molecule is CC1CN(c2ccnc(S(C)(=O)=O)n2)C[C@@H](C)N1c1ccnc(CCO)n1. The van der Waals surface area contributed by atoms with E-state index in [-0.39, 0.29) is 23.8 Å². The van der Waals surface area contributed by atoms with Crippen LogP contribution >= 0.6 is 0 Å². The zero-order valence-corrected chi connectivity index (χ0v) is 16.5. The molecule has 2 aromatic heterocycles. The Labute approximate surface area is 159 Å². The average molecular weight is 392 g/mol. The highest BCUT2D eigenvalue weighted by atomic mass is 32.2. The van der Waals surface area contributed by atoms with Crippen LogP contribution < -0.4 is 9.80 Å². The summed E-state index contributed by atoms with van der Waals surface area (Å²) in [6.07, 6.45) is 4.72. The van der Waals surface area contributed by atoms with Gasteiger partial charge in [-0.3, -0.25) is 0 Å². The van der Waals surface area contributed by atoms with Crippen LogP contribution in [0.4, 0.5) is 11.6 Å². The van der Waals surface area contributed by atoms with Crippen molar-refractivity contribution in [1.29, 1.82) is 0 Å². The Morgan fingerprint density at radius 1 is 1.07 bits per heavy atom. The van der Waals surface area contributed by atoms with E-state index >= 15 is 0 Å². The first-order chi connectivity index (χ1) is 12.8. The Balaban J connectivity index is 1.82. The Bertz CT molecular complexity index is 895. The number of sulfone groups is 1. The van der Waals surface area contributed by atoms with Gasteiger partial charge in [0.15, 0.2) is 0 Å². The van der Waals surface area contributed by atoms with Gasteiger partial charge in [0.1, 0.15) is 17.5 Å². The molecule has 3 rings (SSSR count). The topological polar surface area (TPSA) is 112 Å². The van der Waals surface area contributed by atoms with Crippen molar-refractivity contribution in [3.63, 3.8) is 0 Å². The predicted molar refractivity (Wildman–Crippen MR) is 102 cm³/mol. The lowest BCUT2D eigenvalue weighted by Crippen LogP contribution is -2.57. The second-order valence-corrected chi connectivity index (χ2v) is 8.69. The van der Waals surface area contributed by atoms with E-state index in [1.807, 2.05) is 6.07 Å². The van der Waals surface area contributed by atoms with Crippen LogP contribution in [0.2, 0.25) is 0 Å². The largest absolute Gasteiger partial charge is 0.396 e. The van der Waals surface area contributed by atoms with Gasteiger partial charge in [-0.15, -0.1) is 0 Å². The van der Waals surface area contributed by atoms with E-state index in [2.05, 4.69) is 43.6 Å². The van der Waals surface area contributed by atoms with Gasteiger partial charge < -0.3 is 14.9 Å². The number of nitrogens with zero attached hydrogens (tertiary/aromatic N) is 6. The third kappa shape index (κ3) is 4.33. The number of hydrogen-bond donors (Lipinski definition) is 1. The van der Waals surface area contributed by atoms with Crippen molar-refractivity contribution < 1.29 is 13.5 Å². The summed E-state index contributed by atoms with van der Waals surface area (Å²) in [4.78, 5) is 21.1. The molecule has 1 fully saturated rings. The normalized spacial score (nSPS) is 20.7. The van der Waals surface area contributed by atoms with E-state index in [1.165, 1.54) is 6.20 Å². The van der Waals surface area contributed by atoms with Crippen molar-refractivity contribution in [3.05, 3.63) is 30.4 Å². The first-order valence-corrected chi connectivity index (χ1v) is 10.7. The molecule has 146 valence electrons. The highest BCUT2D eigenvalue weighted by Crippen LogP contribution is 2.25. The monoisotopic (exact) mass is 392 g/mol. The van der Waals surface area contributed by atoms with Gasteiger partial charge in [0.05, 0.1) is 6.61 Å². The maximum Gasteiger partial charge on any atom is 0.248 e. The fraction of sp³-hybridized carbons (Fsp3) is 0.529. The predicted octanol–water partition coefficient (Wildman–Crippen LogP) is 0.308. The number of aliphatic hydroxyl groups excluding tert-OH is 1. The molecule has 0 amide bonds. The molecule has 0 spiro atoms. The van der Waals surface area contributed by atoms with Gasteiger partial charge in [0.25, 0.3) is 0 Å². The van der Waals surface area contributed by atoms with Crippen LogP contribution in [0.15, 0.2) is 29.7 Å². The number of rotatable bonds is 5. The van der Waals surface area contributed by atoms with E-state index in [0.717, 1.165) is 12.1 Å². The fourth-order valence-corrected chi connectivity index (χ4v) is 3.91. The van der Waals surface area contributed by atoms with Gasteiger partial charge in [-0.2, -0.15) is 0 Å². The van der Waals surface area contributed by atoms with Crippen LogP contribution in [0.3, 0.4) is 0 Å². The molecular formula is C17H24N6O3S. The first-order valence-electron chi connectivity index (χ1n) is 8.78. The minimum Gasteiger partial charge on any atom is -0.396 e. The highest BCUT2D eigenvalue weighted by molar-refractivity contribution is 7.90. The van der Waals surface area contributed by atoms with Crippen molar-refractivity contribution >= 4 is 21.5 Å². The standard InChI is InChI=1S/C17H24N6O3S/c1-12-10-22(15-4-8-19-17(21-15)27(3,25)26)11-13(2)23(12)16-5-7-18-14(20-16)6-9-24/h4-5,7-8,12-13,24H,6,9-11H2,1-3H3/t12-,13?/m1/s1. The maximum absolute atomic E-state index is 11.7. The zero-order chi connectivity index (χ0) is 19.6. The summed E-state index contributed by atoms with van der Waals surface area (Å²) >= 11 is 0. The van der Waals surface area contributed by atoms with Crippen LogP contribution in [0.5, 0.6) is 0 Å². The molecule has 0 bridgehead atoms. The van der Waals surface area contributed by atoms with Crippen LogP contribution in [-0.4, -0.2) is 71.5 Å². The Morgan fingerprint density at radius 3 is 2.33 bits per heavy atom. The molecule has 1 saturated heterocycles. The molecule has 9 nitrogen and oxygen atoms in total. The summed E-state index contributed by atoms with van der Waals surface area (Å²) in [7, 11) is -3.45. The number of hydrogen-bond acceptors (Lipinski definition) is 9. The quantitative estimate of drug-likeness (QED) is 0.718. The molecule has 27 heavy (non-hydrogen) atoms. The van der Waals surface area contributed by atoms with Crippen LogP contribution in [0.1, 0.15) is 19.7 Å². The van der Waals surface area contributed by atoms with E-state index < -0.39 is 9.84 Å². The van der Waals surface area contributed by atoms with E-state index in [1.54, 1.807) is 12.3 Å². The molecule has 1 aliphatic rings. The molecule has 2 aromatic rings. The van der Waals surface area contributed by atoms with Gasteiger partial charge in [0.2, 0.25) is 15.0 Å². The van der Waals surface area contributed by atoms with E-state index in [0.29, 0.717) is 31.2 Å². The zero-order valence-electron chi connectivity index (χ0n) is 15.6. The molecule has 1 aliphatic heterocycles. The summed E-state index contributed by atoms with van der Waals surface area (Å²) in [5.74, 6) is 2.05. The van der Waals surface area contributed by atoms with Gasteiger partial charge >= 0.3 is 0 Å². The minimum atomic E-state index is -3.45. The first kappa shape index (κ1) is 19.4. The molecule has 3 heterocycles. The smallest absolute Gasteiger partial charge is 0.248 e.